The highest BCUT2D eigenvalue weighted by Gasteiger charge is 2.54. The van der Waals surface area contributed by atoms with Gasteiger partial charge in [-0.05, 0) is 73.5 Å². The first-order chi connectivity index (χ1) is 20.8. The van der Waals surface area contributed by atoms with E-state index in [4.69, 9.17) is 51.1 Å². The Hall–Kier alpha value is -2.47. The molecular formula is C30H20Br2Cl4N2O6. The molecule has 44 heavy (non-hydrogen) atoms. The van der Waals surface area contributed by atoms with Crippen molar-refractivity contribution in [1.29, 1.82) is 0 Å². The molecule has 0 radical (unpaired) electrons. The highest BCUT2D eigenvalue weighted by molar-refractivity contribution is 9.12. The molecular weight excluding hydrogens is 786 g/mol. The maximum atomic E-state index is 13.8. The van der Waals surface area contributed by atoms with E-state index in [2.05, 4.69) is 31.9 Å². The van der Waals surface area contributed by atoms with Crippen LogP contribution in [0.15, 0.2) is 60.7 Å². The zero-order chi connectivity index (χ0) is 31.9. The Labute approximate surface area is 288 Å². The highest BCUT2D eigenvalue weighted by Crippen LogP contribution is 2.44. The Bertz CT molecular complexity index is 1660. The highest BCUT2D eigenvalue weighted by atomic mass is 79.9. The third kappa shape index (κ3) is 6.71. The van der Waals surface area contributed by atoms with E-state index in [0.717, 1.165) is 10.0 Å². The Morgan fingerprint density at radius 3 is 1.93 bits per heavy atom. The number of benzene rings is 3. The number of esters is 1. The lowest BCUT2D eigenvalue weighted by Crippen LogP contribution is -2.52. The van der Waals surface area contributed by atoms with E-state index in [1.165, 1.54) is 60.7 Å². The number of Topliss-reactive ketones (excluding diaryl/α,β-unsaturated/α-hetero) is 1. The normalized spacial score (nSPS) is 21.2. The van der Waals surface area contributed by atoms with E-state index < -0.39 is 47.9 Å². The Morgan fingerprint density at radius 2 is 1.36 bits per heavy atom. The summed E-state index contributed by atoms with van der Waals surface area (Å²) >= 11 is 31.2. The van der Waals surface area contributed by atoms with E-state index >= 15 is 0 Å². The molecule has 228 valence electrons. The molecule has 0 N–H and O–H groups in total. The van der Waals surface area contributed by atoms with Gasteiger partial charge in [-0.1, -0.05) is 78.3 Å². The zero-order valence-electron chi connectivity index (χ0n) is 22.3. The van der Waals surface area contributed by atoms with Gasteiger partial charge in [0.15, 0.2) is 5.78 Å². The number of ether oxygens (including phenoxy) is 1. The van der Waals surface area contributed by atoms with E-state index in [9.17, 15) is 24.0 Å². The van der Waals surface area contributed by atoms with Crippen LogP contribution in [0.25, 0.3) is 0 Å². The average molecular weight is 806 g/mol. The fourth-order valence-electron chi connectivity index (χ4n) is 5.08. The quantitative estimate of drug-likeness (QED) is 0.0799. The van der Waals surface area contributed by atoms with Gasteiger partial charge in [-0.3, -0.25) is 19.2 Å². The molecule has 5 rings (SSSR count). The minimum atomic E-state index is -0.784. The average Bonchev–Trinajstić information content (AvgIpc) is 3.21. The van der Waals surface area contributed by atoms with Crippen molar-refractivity contribution < 1.29 is 28.7 Å². The SMILES string of the molecule is O=C(CN(C(=O)c1ccc(Cl)c(Cl)c1)N1C(=O)[C@@H]2C[C@H](Br)[C@@H](Br)C[C@H]2C1=O)c1ccc(OC(=O)c2ccc(Cl)cc2Cl)cc1. The number of imide groups is 1. The van der Waals surface area contributed by atoms with Crippen molar-refractivity contribution in [1.82, 2.24) is 10.0 Å². The van der Waals surface area contributed by atoms with Crippen molar-refractivity contribution in [2.24, 2.45) is 11.8 Å². The summed E-state index contributed by atoms with van der Waals surface area (Å²) in [5.41, 5.74) is 0.270. The van der Waals surface area contributed by atoms with Gasteiger partial charge >= 0.3 is 5.97 Å². The van der Waals surface area contributed by atoms with Gasteiger partial charge in [-0.15, -0.1) is 0 Å². The van der Waals surface area contributed by atoms with Gasteiger partial charge in [0.2, 0.25) is 0 Å². The van der Waals surface area contributed by atoms with Crippen LogP contribution in [0.5, 0.6) is 5.75 Å². The second kappa shape index (κ2) is 13.5. The van der Waals surface area contributed by atoms with Gasteiger partial charge in [-0.25, -0.2) is 9.80 Å². The van der Waals surface area contributed by atoms with Crippen molar-refractivity contribution in [2.45, 2.75) is 22.5 Å². The van der Waals surface area contributed by atoms with Gasteiger partial charge in [0.25, 0.3) is 17.7 Å². The van der Waals surface area contributed by atoms with Crippen LogP contribution in [0.4, 0.5) is 0 Å². The lowest BCUT2D eigenvalue weighted by molar-refractivity contribution is -0.154. The topological polar surface area (TPSA) is 101 Å². The van der Waals surface area contributed by atoms with E-state index in [1.54, 1.807) is 0 Å². The van der Waals surface area contributed by atoms with Gasteiger partial charge in [0.1, 0.15) is 12.3 Å². The molecule has 0 unspecified atom stereocenters. The second-order valence-electron chi connectivity index (χ2n) is 10.2. The number of hydrogen-bond donors (Lipinski definition) is 0. The summed E-state index contributed by atoms with van der Waals surface area (Å²) in [6.45, 7) is -0.634. The molecule has 0 bridgehead atoms. The number of carbonyl (C=O) groups excluding carboxylic acids is 5. The van der Waals surface area contributed by atoms with Crippen LogP contribution in [-0.2, 0) is 9.59 Å². The molecule has 3 amide bonds. The third-order valence-corrected chi connectivity index (χ3v) is 11.4. The maximum absolute atomic E-state index is 13.8. The number of fused-ring (bicyclic) bond motifs is 1. The molecule has 3 aromatic carbocycles. The molecule has 0 spiro atoms. The van der Waals surface area contributed by atoms with Crippen molar-refractivity contribution in [3.05, 3.63) is 97.4 Å². The van der Waals surface area contributed by atoms with Crippen molar-refractivity contribution in [2.75, 3.05) is 6.54 Å². The van der Waals surface area contributed by atoms with Crippen LogP contribution in [0.3, 0.4) is 0 Å². The largest absolute Gasteiger partial charge is 0.423 e. The maximum Gasteiger partial charge on any atom is 0.345 e. The van der Waals surface area contributed by atoms with Crippen LogP contribution in [-0.4, -0.2) is 55.7 Å². The van der Waals surface area contributed by atoms with Crippen LogP contribution in [0.2, 0.25) is 20.1 Å². The molecule has 3 aromatic rings. The Morgan fingerprint density at radius 1 is 0.773 bits per heavy atom. The number of nitrogens with zero attached hydrogens (tertiary/aromatic N) is 2. The molecule has 1 heterocycles. The summed E-state index contributed by atoms with van der Waals surface area (Å²) in [6.07, 6.45) is 0.762. The predicted molar refractivity (Wildman–Crippen MR) is 173 cm³/mol. The summed E-state index contributed by atoms with van der Waals surface area (Å²) in [6, 6.07) is 14.0. The lowest BCUT2D eigenvalue weighted by Gasteiger charge is -2.30. The molecule has 2 aliphatic rings. The zero-order valence-corrected chi connectivity index (χ0v) is 28.5. The van der Waals surface area contributed by atoms with Crippen LogP contribution in [0, 0.1) is 11.8 Å². The first-order valence-corrected chi connectivity index (χ1v) is 16.4. The first-order valence-electron chi connectivity index (χ1n) is 13.1. The molecule has 2 fully saturated rings. The van der Waals surface area contributed by atoms with Crippen molar-refractivity contribution in [3.8, 4) is 5.75 Å². The molecule has 0 aromatic heterocycles. The fraction of sp³-hybridized carbons (Fsp3) is 0.233. The first kappa shape index (κ1) is 32.9. The second-order valence-corrected chi connectivity index (χ2v) is 14.2. The van der Waals surface area contributed by atoms with Crippen molar-refractivity contribution in [3.63, 3.8) is 0 Å². The van der Waals surface area contributed by atoms with Gasteiger partial charge < -0.3 is 4.74 Å². The number of amides is 3. The van der Waals surface area contributed by atoms with E-state index in [1.807, 2.05) is 0 Å². The number of hydrazine groups is 1. The standard InChI is InChI=1S/C30H20Br2Cl4N2O6/c31-21-11-19-20(12-22(21)32)29(42)38(28(19)41)37(27(40)15-3-8-23(34)25(36)9-15)13-26(39)14-1-5-17(6-2-14)44-30(43)18-7-4-16(33)10-24(18)35/h1-10,19-22H,11-13H2/t19-,20-,21+,22+/m1/s1. The number of rotatable bonds is 7. The molecule has 4 atom stereocenters. The van der Waals surface area contributed by atoms with Gasteiger partial charge in [-0.2, -0.15) is 5.01 Å². The minimum absolute atomic E-state index is 0.0301. The summed E-state index contributed by atoms with van der Waals surface area (Å²) in [4.78, 5) is 66.9. The molecule has 1 saturated heterocycles. The molecule has 1 saturated carbocycles. The minimum Gasteiger partial charge on any atom is -0.423 e. The van der Waals surface area contributed by atoms with E-state index in [0.29, 0.717) is 17.9 Å². The lowest BCUT2D eigenvalue weighted by atomic mass is 9.81. The van der Waals surface area contributed by atoms with Gasteiger partial charge in [0, 0.05) is 25.8 Å². The summed E-state index contributed by atoms with van der Waals surface area (Å²) in [5, 5.41) is 2.41. The van der Waals surface area contributed by atoms with Gasteiger partial charge in [0.05, 0.1) is 32.5 Å². The number of alkyl halides is 2. The van der Waals surface area contributed by atoms with Crippen LogP contribution >= 0.6 is 78.3 Å². The predicted octanol–water partition coefficient (Wildman–Crippen LogP) is 7.68. The third-order valence-electron chi connectivity index (χ3n) is 7.36. The summed E-state index contributed by atoms with van der Waals surface area (Å²) < 4.78 is 5.36. The molecule has 8 nitrogen and oxygen atoms in total. The van der Waals surface area contributed by atoms with Crippen molar-refractivity contribution >= 4 is 108 Å². The van der Waals surface area contributed by atoms with E-state index in [-0.39, 0.29) is 47.2 Å². The fourth-order valence-corrected chi connectivity index (χ4v) is 7.10. The number of hydrogen-bond acceptors (Lipinski definition) is 6. The molecule has 1 aliphatic heterocycles. The number of ketones is 1. The molecule has 14 heteroatoms. The Kier molecular flexibility index (Phi) is 10.1. The van der Waals surface area contributed by atoms with Crippen LogP contribution in [0.1, 0.15) is 43.9 Å². The monoisotopic (exact) mass is 802 g/mol. The van der Waals surface area contributed by atoms with Crippen LogP contribution < -0.4 is 4.74 Å². The summed E-state index contributed by atoms with van der Waals surface area (Å²) in [5.74, 6) is -4.39. The smallest absolute Gasteiger partial charge is 0.345 e. The number of halogens is 6. The number of carbonyl (C=O) groups is 5. The Balaban J connectivity index is 1.39. The summed E-state index contributed by atoms with van der Waals surface area (Å²) in [7, 11) is 0. The molecule has 1 aliphatic carbocycles.